The summed E-state index contributed by atoms with van der Waals surface area (Å²) < 4.78 is 0. The molecule has 17 heavy (non-hydrogen) atoms. The van der Waals surface area contributed by atoms with Crippen LogP contribution in [-0.2, 0) is 0 Å². The fourth-order valence-electron chi connectivity index (χ4n) is 3.43. The minimum atomic E-state index is 0.467. The lowest BCUT2D eigenvalue weighted by atomic mass is 9.82. The van der Waals surface area contributed by atoms with Crippen LogP contribution in [-0.4, -0.2) is 36.6 Å². The topological polar surface area (TPSA) is 15.3 Å². The fraction of sp³-hybridized carbons (Fsp3) is 1.00. The first kappa shape index (κ1) is 13.4. The van der Waals surface area contributed by atoms with Crippen LogP contribution in [0, 0.1) is 5.41 Å². The average molecular weight is 238 g/mol. The maximum Gasteiger partial charge on any atom is 0.0110 e. The third kappa shape index (κ3) is 3.69. The highest BCUT2D eigenvalue weighted by Crippen LogP contribution is 2.32. The third-order valence-electron chi connectivity index (χ3n) is 4.65. The van der Waals surface area contributed by atoms with Crippen molar-refractivity contribution in [3.05, 3.63) is 0 Å². The minimum absolute atomic E-state index is 0.467. The summed E-state index contributed by atoms with van der Waals surface area (Å²) in [6, 6.07) is 2.49. The molecule has 2 aliphatic heterocycles. The second-order valence-corrected chi connectivity index (χ2v) is 7.34. The van der Waals surface area contributed by atoms with Gasteiger partial charge < -0.3 is 10.2 Å². The normalized spacial score (nSPS) is 34.9. The summed E-state index contributed by atoms with van der Waals surface area (Å²) in [5, 5.41) is 3.80. The summed E-state index contributed by atoms with van der Waals surface area (Å²) in [5.41, 5.74) is 0.467. The van der Waals surface area contributed by atoms with Gasteiger partial charge in [-0.15, -0.1) is 0 Å². The molecular formula is C15H30N2. The zero-order valence-corrected chi connectivity index (χ0v) is 12.1. The predicted molar refractivity (Wildman–Crippen MR) is 74.3 cm³/mol. The van der Waals surface area contributed by atoms with E-state index in [4.69, 9.17) is 0 Å². The number of nitrogens with zero attached hydrogens (tertiary/aromatic N) is 1. The highest BCUT2D eigenvalue weighted by molar-refractivity contribution is 4.93. The van der Waals surface area contributed by atoms with Crippen LogP contribution in [0.1, 0.15) is 59.3 Å². The Balaban J connectivity index is 1.76. The Hall–Kier alpha value is -0.0800. The van der Waals surface area contributed by atoms with Crippen LogP contribution in [0.5, 0.6) is 0 Å². The number of nitrogens with one attached hydrogen (secondary N) is 1. The molecule has 2 saturated heterocycles. The predicted octanol–water partition coefficient (Wildman–Crippen LogP) is 3.03. The van der Waals surface area contributed by atoms with E-state index in [1.165, 1.54) is 45.1 Å². The molecule has 0 aromatic carbocycles. The molecule has 0 saturated carbocycles. The first-order valence-corrected chi connectivity index (χ1v) is 7.41. The van der Waals surface area contributed by atoms with Gasteiger partial charge in [0.15, 0.2) is 0 Å². The molecule has 2 heteroatoms. The van der Waals surface area contributed by atoms with Crippen LogP contribution in [0.2, 0.25) is 0 Å². The Labute approximate surface area is 107 Å². The molecule has 2 unspecified atom stereocenters. The first-order valence-electron chi connectivity index (χ1n) is 7.41. The van der Waals surface area contributed by atoms with E-state index in [1.54, 1.807) is 0 Å². The van der Waals surface area contributed by atoms with Gasteiger partial charge in [-0.3, -0.25) is 0 Å². The lowest BCUT2D eigenvalue weighted by Gasteiger charge is -2.47. The monoisotopic (exact) mass is 238 g/mol. The fourth-order valence-corrected chi connectivity index (χ4v) is 3.43. The molecule has 0 aliphatic carbocycles. The molecular weight excluding hydrogens is 208 g/mol. The van der Waals surface area contributed by atoms with E-state index in [0.717, 1.165) is 18.1 Å². The molecule has 0 aromatic heterocycles. The van der Waals surface area contributed by atoms with Gasteiger partial charge in [-0.2, -0.15) is 0 Å². The Kier molecular flexibility index (Phi) is 4.14. The molecule has 2 aliphatic rings. The zero-order chi connectivity index (χ0) is 12.5. The maximum atomic E-state index is 3.80. The summed E-state index contributed by atoms with van der Waals surface area (Å²) in [7, 11) is 2.33. The van der Waals surface area contributed by atoms with Crippen LogP contribution in [0.25, 0.3) is 0 Å². The molecule has 0 amide bonds. The van der Waals surface area contributed by atoms with E-state index >= 15 is 0 Å². The summed E-state index contributed by atoms with van der Waals surface area (Å²) in [5.74, 6) is 0. The van der Waals surface area contributed by atoms with Crippen molar-refractivity contribution in [2.24, 2.45) is 5.41 Å². The van der Waals surface area contributed by atoms with Crippen molar-refractivity contribution in [1.29, 1.82) is 0 Å². The van der Waals surface area contributed by atoms with E-state index in [0.29, 0.717) is 5.41 Å². The Morgan fingerprint density at radius 2 is 1.71 bits per heavy atom. The van der Waals surface area contributed by atoms with Crippen molar-refractivity contribution in [2.75, 3.05) is 13.6 Å². The van der Waals surface area contributed by atoms with Crippen LogP contribution in [0.15, 0.2) is 0 Å². The zero-order valence-electron chi connectivity index (χ0n) is 12.1. The van der Waals surface area contributed by atoms with Gasteiger partial charge in [-0.25, -0.2) is 0 Å². The molecule has 0 aromatic rings. The molecule has 2 bridgehead atoms. The van der Waals surface area contributed by atoms with Gasteiger partial charge in [0.2, 0.25) is 0 Å². The van der Waals surface area contributed by atoms with Crippen molar-refractivity contribution < 1.29 is 0 Å². The Morgan fingerprint density at radius 3 is 2.24 bits per heavy atom. The van der Waals surface area contributed by atoms with E-state index in [-0.39, 0.29) is 0 Å². The van der Waals surface area contributed by atoms with Crippen LogP contribution >= 0.6 is 0 Å². The van der Waals surface area contributed by atoms with E-state index < -0.39 is 0 Å². The van der Waals surface area contributed by atoms with E-state index in [1.807, 2.05) is 0 Å². The Morgan fingerprint density at radius 1 is 1.12 bits per heavy atom. The molecule has 2 heterocycles. The summed E-state index contributed by atoms with van der Waals surface area (Å²) in [6.07, 6.45) is 8.33. The molecule has 2 atom stereocenters. The van der Waals surface area contributed by atoms with Crippen molar-refractivity contribution in [1.82, 2.24) is 10.2 Å². The first-order chi connectivity index (χ1) is 7.96. The highest BCUT2D eigenvalue weighted by atomic mass is 15.2. The van der Waals surface area contributed by atoms with Crippen LogP contribution in [0.4, 0.5) is 0 Å². The number of hydrogen-bond donors (Lipinski definition) is 1. The number of fused-ring (bicyclic) bond motifs is 2. The second-order valence-electron chi connectivity index (χ2n) is 7.34. The maximum absolute atomic E-state index is 3.80. The standard InChI is InChI=1S/C15H30N2/c1-15(2,3)8-9-16-12-10-13-6-5-7-14(11-12)17(13)4/h12-14,16H,5-11H2,1-4H3. The minimum Gasteiger partial charge on any atom is -0.314 e. The van der Waals surface area contributed by atoms with Gasteiger partial charge in [-0.1, -0.05) is 27.2 Å². The summed E-state index contributed by atoms with van der Waals surface area (Å²) in [4.78, 5) is 2.64. The highest BCUT2D eigenvalue weighted by Gasteiger charge is 2.35. The van der Waals surface area contributed by atoms with Crippen molar-refractivity contribution in [3.63, 3.8) is 0 Å². The number of rotatable bonds is 3. The molecule has 2 rings (SSSR count). The number of piperidine rings is 2. The molecule has 0 radical (unpaired) electrons. The van der Waals surface area contributed by atoms with E-state index in [2.05, 4.69) is 38.0 Å². The van der Waals surface area contributed by atoms with Gasteiger partial charge in [0.05, 0.1) is 0 Å². The Bertz CT molecular complexity index is 230. The average Bonchev–Trinajstić information content (AvgIpc) is 2.17. The second kappa shape index (κ2) is 5.27. The van der Waals surface area contributed by atoms with Crippen molar-refractivity contribution >= 4 is 0 Å². The summed E-state index contributed by atoms with van der Waals surface area (Å²) >= 11 is 0. The quantitative estimate of drug-likeness (QED) is 0.813. The lowest BCUT2D eigenvalue weighted by Crippen LogP contribution is -2.54. The van der Waals surface area contributed by atoms with Crippen LogP contribution < -0.4 is 5.32 Å². The smallest absolute Gasteiger partial charge is 0.0110 e. The lowest BCUT2D eigenvalue weighted by molar-refractivity contribution is 0.0481. The largest absolute Gasteiger partial charge is 0.314 e. The van der Waals surface area contributed by atoms with Crippen molar-refractivity contribution in [3.8, 4) is 0 Å². The van der Waals surface area contributed by atoms with Gasteiger partial charge in [0.1, 0.15) is 0 Å². The van der Waals surface area contributed by atoms with E-state index in [9.17, 15) is 0 Å². The van der Waals surface area contributed by atoms with Gasteiger partial charge in [0, 0.05) is 18.1 Å². The molecule has 100 valence electrons. The van der Waals surface area contributed by atoms with Crippen LogP contribution in [0.3, 0.4) is 0 Å². The molecule has 2 fully saturated rings. The van der Waals surface area contributed by atoms with Gasteiger partial charge in [0.25, 0.3) is 0 Å². The third-order valence-corrected chi connectivity index (χ3v) is 4.65. The molecule has 2 nitrogen and oxygen atoms in total. The van der Waals surface area contributed by atoms with Crippen molar-refractivity contribution in [2.45, 2.75) is 77.4 Å². The van der Waals surface area contributed by atoms with Gasteiger partial charge >= 0.3 is 0 Å². The number of hydrogen-bond acceptors (Lipinski definition) is 2. The molecule has 0 spiro atoms. The summed E-state index contributed by atoms with van der Waals surface area (Å²) in [6.45, 7) is 8.19. The SMILES string of the molecule is CN1C2CCCC1CC(NCCC(C)(C)C)C2. The molecule has 1 N–H and O–H groups in total. The van der Waals surface area contributed by atoms with Gasteiger partial charge in [-0.05, 0) is 51.1 Å².